The third kappa shape index (κ3) is 3.86. The second kappa shape index (κ2) is 8.42. The average Bonchev–Trinajstić information content (AvgIpc) is 3.33. The summed E-state index contributed by atoms with van der Waals surface area (Å²) in [7, 11) is 1.00. The van der Waals surface area contributed by atoms with Crippen LogP contribution >= 0.6 is 0 Å². The molecule has 0 radical (unpaired) electrons. The Kier molecular flexibility index (Phi) is 5.97. The van der Waals surface area contributed by atoms with Gasteiger partial charge in [-0.2, -0.15) is 9.97 Å². The smallest absolute Gasteiger partial charge is 0.326 e. The van der Waals surface area contributed by atoms with Gasteiger partial charge in [0.2, 0.25) is 0 Å². The Balaban J connectivity index is 0.00000109. The number of nitrogens with zero attached hydrogens (tertiary/aromatic N) is 4. The Hall–Kier alpha value is -2.89. The lowest BCUT2D eigenvalue weighted by Gasteiger charge is -2.14. The molecule has 1 aromatic carbocycles. The number of imidazole rings is 1. The summed E-state index contributed by atoms with van der Waals surface area (Å²) in [5.41, 5.74) is 6.67. The number of nitrogens with two attached hydrogens (primary N) is 1. The van der Waals surface area contributed by atoms with Gasteiger partial charge in [-0.05, 0) is 25.0 Å². The van der Waals surface area contributed by atoms with Crippen LogP contribution in [0, 0.1) is 11.6 Å². The third-order valence-corrected chi connectivity index (χ3v) is 4.13. The lowest BCUT2D eigenvalue weighted by atomic mass is 10.2. The van der Waals surface area contributed by atoms with E-state index in [1.54, 1.807) is 4.57 Å². The number of hydrogen-bond acceptors (Lipinski definition) is 8. The van der Waals surface area contributed by atoms with Crippen LogP contribution in [0.15, 0.2) is 24.5 Å². The summed E-state index contributed by atoms with van der Waals surface area (Å²) < 4.78 is 39.2. The molecule has 3 heterocycles. The minimum absolute atomic E-state index is 0.0335. The zero-order valence-corrected chi connectivity index (χ0v) is 14.9. The molecular weight excluding hydrogens is 376 g/mol. The van der Waals surface area contributed by atoms with Gasteiger partial charge in [-0.3, -0.25) is 4.57 Å². The van der Waals surface area contributed by atoms with Crippen molar-refractivity contribution in [1.82, 2.24) is 19.5 Å². The highest BCUT2D eigenvalue weighted by Crippen LogP contribution is 2.32. The van der Waals surface area contributed by atoms with Gasteiger partial charge in [0.05, 0.1) is 19.0 Å². The second-order valence-corrected chi connectivity index (χ2v) is 5.87. The Labute approximate surface area is 158 Å². The number of halogens is 2. The van der Waals surface area contributed by atoms with Crippen LogP contribution in [0.1, 0.15) is 19.1 Å². The maximum atomic E-state index is 13.3. The number of nitrogen functional groups attached to an aromatic ring is 1. The summed E-state index contributed by atoms with van der Waals surface area (Å²) in [5.74, 6) is -1.91. The predicted molar refractivity (Wildman–Crippen MR) is 94.5 cm³/mol. The molecule has 2 aromatic heterocycles. The first kappa shape index (κ1) is 19.9. The van der Waals surface area contributed by atoms with E-state index in [1.807, 2.05) is 0 Å². The number of aromatic nitrogens is 4. The van der Waals surface area contributed by atoms with Gasteiger partial charge in [-0.25, -0.2) is 13.8 Å². The summed E-state index contributed by atoms with van der Waals surface area (Å²) in [4.78, 5) is 12.5. The van der Waals surface area contributed by atoms with Gasteiger partial charge in [0, 0.05) is 13.2 Å². The van der Waals surface area contributed by atoms with Crippen LogP contribution in [0.4, 0.5) is 14.6 Å². The molecule has 1 fully saturated rings. The first-order chi connectivity index (χ1) is 13.5. The molecule has 0 amide bonds. The summed E-state index contributed by atoms with van der Waals surface area (Å²) in [6.45, 7) is -0.0647. The molecule has 0 bridgehead atoms. The van der Waals surface area contributed by atoms with Gasteiger partial charge in [-0.15, -0.1) is 0 Å². The van der Waals surface area contributed by atoms with Gasteiger partial charge in [0.1, 0.15) is 12.0 Å². The molecule has 9 nitrogen and oxygen atoms in total. The van der Waals surface area contributed by atoms with Crippen LogP contribution in [0.25, 0.3) is 11.2 Å². The van der Waals surface area contributed by atoms with E-state index in [0.29, 0.717) is 24.0 Å². The highest BCUT2D eigenvalue weighted by atomic mass is 19.2. The van der Waals surface area contributed by atoms with E-state index < -0.39 is 11.6 Å². The predicted octanol–water partition coefficient (Wildman–Crippen LogP) is 1.76. The fourth-order valence-electron chi connectivity index (χ4n) is 2.85. The van der Waals surface area contributed by atoms with Crippen molar-refractivity contribution >= 4 is 17.0 Å². The minimum Gasteiger partial charge on any atom is -0.424 e. The van der Waals surface area contributed by atoms with E-state index in [4.69, 9.17) is 20.3 Å². The molecule has 4 rings (SSSR count). The quantitative estimate of drug-likeness (QED) is 0.610. The SMILES string of the molecule is CO.Nc1nc(Oc2ccc(F)c(F)c2)nc2c1ncn2C1CCC(CO)O1. The molecule has 0 aliphatic carbocycles. The second-order valence-electron chi connectivity index (χ2n) is 5.87. The van der Waals surface area contributed by atoms with Crippen molar-refractivity contribution in [2.24, 2.45) is 0 Å². The summed E-state index contributed by atoms with van der Waals surface area (Å²) >= 11 is 0. The van der Waals surface area contributed by atoms with E-state index in [1.165, 1.54) is 12.4 Å². The highest BCUT2D eigenvalue weighted by Gasteiger charge is 2.28. The van der Waals surface area contributed by atoms with Crippen LogP contribution in [-0.4, -0.2) is 49.6 Å². The third-order valence-electron chi connectivity index (χ3n) is 4.13. The summed E-state index contributed by atoms with van der Waals surface area (Å²) in [6, 6.07) is 2.96. The van der Waals surface area contributed by atoms with Gasteiger partial charge in [0.25, 0.3) is 0 Å². The van der Waals surface area contributed by atoms with Gasteiger partial charge >= 0.3 is 6.01 Å². The Morgan fingerprint density at radius 2 is 2.04 bits per heavy atom. The zero-order chi connectivity index (χ0) is 20.3. The molecule has 28 heavy (non-hydrogen) atoms. The molecule has 3 aromatic rings. The van der Waals surface area contributed by atoms with Crippen molar-refractivity contribution in [3.05, 3.63) is 36.2 Å². The molecule has 0 saturated carbocycles. The first-order valence-electron chi connectivity index (χ1n) is 8.39. The molecule has 1 saturated heterocycles. The number of hydrogen-bond donors (Lipinski definition) is 3. The van der Waals surface area contributed by atoms with Crippen molar-refractivity contribution in [3.63, 3.8) is 0 Å². The first-order valence-corrected chi connectivity index (χ1v) is 8.39. The number of aliphatic hydroxyl groups is 2. The van der Waals surface area contributed by atoms with Crippen LogP contribution in [0.3, 0.4) is 0 Å². The molecule has 2 atom stereocenters. The van der Waals surface area contributed by atoms with E-state index in [9.17, 15) is 13.9 Å². The van der Waals surface area contributed by atoms with Crippen molar-refractivity contribution in [3.8, 4) is 11.8 Å². The highest BCUT2D eigenvalue weighted by molar-refractivity contribution is 5.82. The molecule has 4 N–H and O–H groups in total. The van der Waals surface area contributed by atoms with E-state index in [2.05, 4.69) is 15.0 Å². The Morgan fingerprint density at radius 1 is 1.25 bits per heavy atom. The van der Waals surface area contributed by atoms with Crippen LogP contribution in [0.2, 0.25) is 0 Å². The lowest BCUT2D eigenvalue weighted by molar-refractivity contribution is -0.0207. The van der Waals surface area contributed by atoms with Crippen molar-refractivity contribution in [1.29, 1.82) is 0 Å². The minimum atomic E-state index is -1.05. The van der Waals surface area contributed by atoms with Gasteiger partial charge in [0.15, 0.2) is 28.6 Å². The van der Waals surface area contributed by atoms with Crippen LogP contribution in [0.5, 0.6) is 11.8 Å². The standard InChI is InChI=1S/C16H15F2N5O3.CH4O/c17-10-3-1-8(5-11(10)18)26-16-21-14(19)13-15(22-16)23(7-20-13)12-4-2-9(6-24)25-12;1-2/h1,3,5,7,9,12,24H,2,4,6H2,(H2,19,21,22);2H,1H3. The molecule has 2 unspecified atom stereocenters. The van der Waals surface area contributed by atoms with E-state index in [0.717, 1.165) is 19.2 Å². The molecule has 150 valence electrons. The maximum absolute atomic E-state index is 13.3. The van der Waals surface area contributed by atoms with E-state index >= 15 is 0 Å². The summed E-state index contributed by atoms with van der Waals surface area (Å²) in [5, 5.41) is 16.2. The van der Waals surface area contributed by atoms with Gasteiger partial charge < -0.3 is 25.4 Å². The molecule has 1 aliphatic rings. The fourth-order valence-corrected chi connectivity index (χ4v) is 2.85. The van der Waals surface area contributed by atoms with Crippen molar-refractivity contribution in [2.45, 2.75) is 25.2 Å². The van der Waals surface area contributed by atoms with E-state index in [-0.39, 0.29) is 36.5 Å². The summed E-state index contributed by atoms with van der Waals surface area (Å²) in [6.07, 6.45) is 2.33. The van der Waals surface area contributed by atoms with Crippen LogP contribution in [-0.2, 0) is 4.74 Å². The van der Waals surface area contributed by atoms with Crippen molar-refractivity contribution in [2.75, 3.05) is 19.5 Å². The average molecular weight is 395 g/mol. The molecule has 0 spiro atoms. The Bertz CT molecular complexity index is 968. The maximum Gasteiger partial charge on any atom is 0.326 e. The van der Waals surface area contributed by atoms with Crippen molar-refractivity contribution < 1.29 is 28.5 Å². The molecule has 1 aliphatic heterocycles. The number of benzene rings is 1. The topological polar surface area (TPSA) is 129 Å². The monoisotopic (exact) mass is 395 g/mol. The number of aliphatic hydroxyl groups excluding tert-OH is 2. The number of fused-ring (bicyclic) bond motifs is 1. The zero-order valence-electron chi connectivity index (χ0n) is 14.9. The lowest BCUT2D eigenvalue weighted by Crippen LogP contribution is -2.14. The normalized spacial score (nSPS) is 18.8. The molecular formula is C17H19F2N5O4. The largest absolute Gasteiger partial charge is 0.424 e. The number of ether oxygens (including phenoxy) is 2. The Morgan fingerprint density at radius 3 is 2.71 bits per heavy atom. The number of anilines is 1. The fraction of sp³-hybridized carbons (Fsp3) is 0.353. The number of rotatable bonds is 4. The van der Waals surface area contributed by atoms with Crippen LogP contribution < -0.4 is 10.5 Å². The molecule has 11 heteroatoms. The van der Waals surface area contributed by atoms with Gasteiger partial charge in [-0.1, -0.05) is 0 Å².